The van der Waals surface area contributed by atoms with Crippen LogP contribution in [0, 0.1) is 0 Å². The Kier molecular flexibility index (Phi) is 2.59. The fraction of sp³-hybridized carbons (Fsp3) is 0.500. The Morgan fingerprint density at radius 2 is 2.17 bits per heavy atom. The minimum Gasteiger partial charge on any atom is -0.333 e. The monoisotopic (exact) mass is 247 g/mol. The fourth-order valence-electron chi connectivity index (χ4n) is 2.44. The highest BCUT2D eigenvalue weighted by atomic mass is 16.7. The largest absolute Gasteiger partial charge is 0.333 e. The van der Waals surface area contributed by atoms with Gasteiger partial charge in [0.1, 0.15) is 18.2 Å². The number of azo groups is 1. The highest BCUT2D eigenvalue weighted by molar-refractivity contribution is 5.30. The highest BCUT2D eigenvalue weighted by Gasteiger charge is 2.33. The van der Waals surface area contributed by atoms with Gasteiger partial charge >= 0.3 is 0 Å². The van der Waals surface area contributed by atoms with Crippen molar-refractivity contribution in [1.29, 1.82) is 0 Å². The number of nitrogens with zero attached hydrogens (tertiary/aromatic N) is 5. The Bertz CT molecular complexity index is 491. The summed E-state index contributed by atoms with van der Waals surface area (Å²) in [6, 6.07) is 0. The summed E-state index contributed by atoms with van der Waals surface area (Å²) in [6.45, 7) is 5.84. The first-order chi connectivity index (χ1) is 8.72. The summed E-state index contributed by atoms with van der Waals surface area (Å²) in [5, 5.41) is 10.4. The van der Waals surface area contributed by atoms with Gasteiger partial charge in [-0.3, -0.25) is 9.74 Å². The first kappa shape index (κ1) is 11.3. The SMILES string of the molecule is CCN1C=C(C)CC2=C1N1CN(OC)C=C1N=N2. The van der Waals surface area contributed by atoms with Crippen molar-refractivity contribution >= 4 is 0 Å². The van der Waals surface area contributed by atoms with E-state index in [0.717, 1.165) is 30.3 Å². The molecule has 3 rings (SSSR count). The third-order valence-corrected chi connectivity index (χ3v) is 3.27. The maximum Gasteiger partial charge on any atom is 0.176 e. The van der Waals surface area contributed by atoms with Crippen LogP contribution in [-0.2, 0) is 4.84 Å². The van der Waals surface area contributed by atoms with Gasteiger partial charge in [0, 0.05) is 19.2 Å². The second kappa shape index (κ2) is 4.13. The van der Waals surface area contributed by atoms with Crippen LogP contribution in [0.15, 0.2) is 45.5 Å². The molecule has 6 nitrogen and oxygen atoms in total. The predicted octanol–water partition coefficient (Wildman–Crippen LogP) is 2.19. The van der Waals surface area contributed by atoms with Crippen LogP contribution < -0.4 is 0 Å². The zero-order valence-electron chi connectivity index (χ0n) is 10.9. The quantitative estimate of drug-likeness (QED) is 0.750. The summed E-state index contributed by atoms with van der Waals surface area (Å²) in [7, 11) is 1.66. The summed E-state index contributed by atoms with van der Waals surface area (Å²) >= 11 is 0. The van der Waals surface area contributed by atoms with Crippen LogP contribution in [-0.4, -0.2) is 35.2 Å². The van der Waals surface area contributed by atoms with E-state index in [1.165, 1.54) is 5.57 Å². The molecule has 0 fully saturated rings. The smallest absolute Gasteiger partial charge is 0.176 e. The van der Waals surface area contributed by atoms with Gasteiger partial charge in [0.15, 0.2) is 5.82 Å². The maximum absolute atomic E-state index is 5.23. The molecule has 3 aliphatic rings. The first-order valence-electron chi connectivity index (χ1n) is 6.12. The average Bonchev–Trinajstić information content (AvgIpc) is 2.80. The number of allylic oxidation sites excluding steroid dienone is 1. The summed E-state index contributed by atoms with van der Waals surface area (Å²) in [6.07, 6.45) is 4.92. The number of hydrogen-bond acceptors (Lipinski definition) is 6. The molecule has 96 valence electrons. The molecule has 3 aliphatic heterocycles. The number of hydroxylamine groups is 2. The number of fused-ring (bicyclic) bond motifs is 2. The van der Waals surface area contributed by atoms with Gasteiger partial charge < -0.3 is 4.90 Å². The third kappa shape index (κ3) is 1.60. The Balaban J connectivity index is 1.97. The van der Waals surface area contributed by atoms with Crippen LogP contribution in [0.5, 0.6) is 0 Å². The summed E-state index contributed by atoms with van der Waals surface area (Å²) in [4.78, 5) is 9.59. The van der Waals surface area contributed by atoms with Crippen molar-refractivity contribution in [3.8, 4) is 0 Å². The summed E-state index contributed by atoms with van der Waals surface area (Å²) < 4.78 is 0. The topological polar surface area (TPSA) is 43.7 Å². The molecular formula is C12H17N5O. The first-order valence-corrected chi connectivity index (χ1v) is 6.12. The van der Waals surface area contributed by atoms with E-state index >= 15 is 0 Å². The Morgan fingerprint density at radius 1 is 1.33 bits per heavy atom. The molecule has 0 N–H and O–H groups in total. The zero-order chi connectivity index (χ0) is 12.7. The van der Waals surface area contributed by atoms with Crippen molar-refractivity contribution in [1.82, 2.24) is 14.9 Å². The van der Waals surface area contributed by atoms with E-state index in [0.29, 0.717) is 6.67 Å². The second-order valence-electron chi connectivity index (χ2n) is 4.56. The van der Waals surface area contributed by atoms with E-state index in [1.54, 1.807) is 12.2 Å². The zero-order valence-corrected chi connectivity index (χ0v) is 10.9. The summed E-state index contributed by atoms with van der Waals surface area (Å²) in [5.41, 5.74) is 2.34. The molecule has 0 unspecified atom stereocenters. The molecule has 0 aromatic rings. The molecule has 6 heteroatoms. The van der Waals surface area contributed by atoms with E-state index in [1.807, 2.05) is 6.20 Å². The number of rotatable bonds is 2. The lowest BCUT2D eigenvalue weighted by molar-refractivity contribution is -0.0969. The average molecular weight is 247 g/mol. The van der Waals surface area contributed by atoms with Gasteiger partial charge in [0.05, 0.1) is 13.3 Å². The van der Waals surface area contributed by atoms with Crippen molar-refractivity contribution in [2.24, 2.45) is 10.2 Å². The molecule has 3 heterocycles. The van der Waals surface area contributed by atoms with Crippen LogP contribution in [0.3, 0.4) is 0 Å². The van der Waals surface area contributed by atoms with Crippen LogP contribution in [0.2, 0.25) is 0 Å². The van der Waals surface area contributed by atoms with Gasteiger partial charge in [0.2, 0.25) is 0 Å². The van der Waals surface area contributed by atoms with E-state index in [-0.39, 0.29) is 0 Å². The highest BCUT2D eigenvalue weighted by Crippen LogP contribution is 2.36. The third-order valence-electron chi connectivity index (χ3n) is 3.27. The van der Waals surface area contributed by atoms with Gasteiger partial charge in [-0.15, -0.1) is 10.2 Å². The molecule has 0 spiro atoms. The molecular weight excluding hydrogens is 230 g/mol. The van der Waals surface area contributed by atoms with E-state index in [2.05, 4.69) is 40.1 Å². The molecule has 0 aromatic heterocycles. The van der Waals surface area contributed by atoms with Gasteiger partial charge in [-0.05, 0) is 13.8 Å². The van der Waals surface area contributed by atoms with E-state index < -0.39 is 0 Å². The van der Waals surface area contributed by atoms with E-state index in [9.17, 15) is 0 Å². The molecule has 0 radical (unpaired) electrons. The normalized spacial score (nSPS) is 22.1. The van der Waals surface area contributed by atoms with Gasteiger partial charge in [0.25, 0.3) is 0 Å². The molecule has 18 heavy (non-hydrogen) atoms. The Labute approximate surface area is 106 Å². The molecule has 0 atom stereocenters. The molecule has 0 saturated heterocycles. The van der Waals surface area contributed by atoms with Crippen molar-refractivity contribution in [2.75, 3.05) is 20.3 Å². The van der Waals surface area contributed by atoms with Crippen LogP contribution in [0.25, 0.3) is 0 Å². The number of hydrogen-bond donors (Lipinski definition) is 0. The van der Waals surface area contributed by atoms with Crippen molar-refractivity contribution in [2.45, 2.75) is 20.3 Å². The lowest BCUT2D eigenvalue weighted by atomic mass is 10.1. The maximum atomic E-state index is 5.23. The molecule has 0 bridgehead atoms. The van der Waals surface area contributed by atoms with Gasteiger partial charge in [-0.1, -0.05) is 5.57 Å². The molecule has 0 aliphatic carbocycles. The predicted molar refractivity (Wildman–Crippen MR) is 66.3 cm³/mol. The van der Waals surface area contributed by atoms with Crippen LogP contribution >= 0.6 is 0 Å². The second-order valence-corrected chi connectivity index (χ2v) is 4.56. The summed E-state index contributed by atoms with van der Waals surface area (Å²) in [5.74, 6) is 1.96. The van der Waals surface area contributed by atoms with Gasteiger partial charge in [-0.25, -0.2) is 5.06 Å². The van der Waals surface area contributed by atoms with Crippen molar-refractivity contribution < 1.29 is 4.84 Å². The van der Waals surface area contributed by atoms with Crippen molar-refractivity contribution in [3.05, 3.63) is 35.3 Å². The van der Waals surface area contributed by atoms with Gasteiger partial charge in [-0.2, -0.15) is 0 Å². The van der Waals surface area contributed by atoms with Crippen LogP contribution in [0.4, 0.5) is 0 Å². The van der Waals surface area contributed by atoms with Crippen LogP contribution in [0.1, 0.15) is 20.3 Å². The van der Waals surface area contributed by atoms with Crippen molar-refractivity contribution in [3.63, 3.8) is 0 Å². The standard InChI is InChI=1S/C12H17N5O/c1-4-15-6-9(2)5-10-12(15)17-8-16(18-3)7-11(17)14-13-10/h6-7H,4-5,8H2,1-3H3. The minimum atomic E-state index is 0.660. The minimum absolute atomic E-state index is 0.660. The Morgan fingerprint density at radius 3 is 2.89 bits per heavy atom. The molecule has 0 aromatic carbocycles. The lowest BCUT2D eigenvalue weighted by Gasteiger charge is -2.36. The molecule has 0 saturated carbocycles. The Hall–Kier alpha value is -1.82. The fourth-order valence-corrected chi connectivity index (χ4v) is 2.44. The lowest BCUT2D eigenvalue weighted by Crippen LogP contribution is -2.37. The molecule has 0 amide bonds. The van der Waals surface area contributed by atoms with E-state index in [4.69, 9.17) is 4.84 Å².